The first-order valence-electron chi connectivity index (χ1n) is 4.25. The second-order valence-electron chi connectivity index (χ2n) is 3.25. The molecule has 2 unspecified atom stereocenters. The molecule has 0 bridgehead atoms. The molecular formula is C8H14N2O3S. The van der Waals surface area contributed by atoms with Gasteiger partial charge in [0.2, 0.25) is 5.88 Å². The van der Waals surface area contributed by atoms with Gasteiger partial charge in [0, 0.05) is 12.6 Å². The molecule has 1 heterocycles. The molecule has 1 N–H and O–H groups in total. The van der Waals surface area contributed by atoms with Crippen molar-refractivity contribution in [3.05, 3.63) is 10.8 Å². The van der Waals surface area contributed by atoms with Crippen LogP contribution in [0.2, 0.25) is 0 Å². The highest BCUT2D eigenvalue weighted by molar-refractivity contribution is 7.83. The Labute approximate surface area is 85.7 Å². The Kier molecular flexibility index (Phi) is 3.65. The van der Waals surface area contributed by atoms with Crippen LogP contribution in [0.4, 0.5) is 0 Å². The van der Waals surface area contributed by atoms with Crippen LogP contribution in [-0.2, 0) is 15.8 Å². The van der Waals surface area contributed by atoms with Crippen LogP contribution in [0, 0.1) is 5.92 Å². The fourth-order valence-electron chi connectivity index (χ4n) is 1.21. The van der Waals surface area contributed by atoms with Crippen LogP contribution < -0.4 is 0 Å². The molecule has 1 aliphatic heterocycles. The minimum atomic E-state index is -2.02. The summed E-state index contributed by atoms with van der Waals surface area (Å²) in [6.07, 6.45) is 0. The van der Waals surface area contributed by atoms with E-state index in [1.807, 2.05) is 6.92 Å². The topological polar surface area (TPSA) is 62.1 Å². The third-order valence-electron chi connectivity index (χ3n) is 1.96. The summed E-state index contributed by atoms with van der Waals surface area (Å²) in [5.74, 6) is 0.683. The van der Waals surface area contributed by atoms with Crippen LogP contribution in [0.15, 0.2) is 15.9 Å². The summed E-state index contributed by atoms with van der Waals surface area (Å²) in [6, 6.07) is 0. The molecule has 1 aliphatic rings. The summed E-state index contributed by atoms with van der Waals surface area (Å²) in [7, 11) is 0. The van der Waals surface area contributed by atoms with Gasteiger partial charge in [-0.25, -0.2) is 9.22 Å². The van der Waals surface area contributed by atoms with E-state index in [9.17, 15) is 4.21 Å². The number of allylic oxidation sites excluding steroid dienone is 1. The summed E-state index contributed by atoms with van der Waals surface area (Å²) >= 11 is -2.02. The van der Waals surface area contributed by atoms with Crippen molar-refractivity contribution in [3.63, 3.8) is 0 Å². The lowest BCUT2D eigenvalue weighted by atomic mass is 10.2. The molecule has 0 spiro atoms. The molecule has 0 radical (unpaired) electrons. The van der Waals surface area contributed by atoms with Gasteiger partial charge in [-0.3, -0.25) is 0 Å². The van der Waals surface area contributed by atoms with Crippen LogP contribution in [0.5, 0.6) is 0 Å². The molecule has 14 heavy (non-hydrogen) atoms. The molecule has 0 aliphatic carbocycles. The maximum Gasteiger partial charge on any atom is 0.224 e. The standard InChI is InChI=1S/C8H14N2O3S/c1-6-4-10(9-3)8(13-5-6)7(2)14(11)12/h6H,3-5H2,1-2H3,(H,11,12)/b8-7-. The molecule has 2 atom stereocenters. The number of nitrogens with zero attached hydrogens (tertiary/aromatic N) is 2. The second-order valence-corrected chi connectivity index (χ2v) is 4.36. The van der Waals surface area contributed by atoms with Gasteiger partial charge in [0.25, 0.3) is 0 Å². The molecule has 0 saturated carbocycles. The van der Waals surface area contributed by atoms with E-state index in [1.54, 1.807) is 6.92 Å². The highest BCUT2D eigenvalue weighted by Gasteiger charge is 2.24. The van der Waals surface area contributed by atoms with Crippen LogP contribution in [0.25, 0.3) is 0 Å². The number of hydrazone groups is 1. The van der Waals surface area contributed by atoms with E-state index >= 15 is 0 Å². The molecule has 1 fully saturated rings. The van der Waals surface area contributed by atoms with Crippen molar-refractivity contribution in [2.24, 2.45) is 11.0 Å². The van der Waals surface area contributed by atoms with Gasteiger partial charge < -0.3 is 9.29 Å². The lowest BCUT2D eigenvalue weighted by molar-refractivity contribution is 0.0308. The average molecular weight is 218 g/mol. The third kappa shape index (κ3) is 2.33. The first-order valence-corrected chi connectivity index (χ1v) is 5.35. The largest absolute Gasteiger partial charge is 0.477 e. The van der Waals surface area contributed by atoms with Gasteiger partial charge in [-0.05, 0) is 6.92 Å². The molecule has 1 saturated heterocycles. The van der Waals surface area contributed by atoms with Crippen LogP contribution >= 0.6 is 0 Å². The highest BCUT2D eigenvalue weighted by Crippen LogP contribution is 2.21. The highest BCUT2D eigenvalue weighted by atomic mass is 32.2. The van der Waals surface area contributed by atoms with Crippen molar-refractivity contribution in [2.75, 3.05) is 13.2 Å². The molecule has 6 heteroatoms. The number of hydrogen-bond donors (Lipinski definition) is 1. The predicted molar refractivity (Wildman–Crippen MR) is 54.8 cm³/mol. The van der Waals surface area contributed by atoms with Crippen LogP contribution in [0.1, 0.15) is 13.8 Å². The Bertz CT molecular complexity index is 290. The lowest BCUT2D eigenvalue weighted by Gasteiger charge is -2.31. The van der Waals surface area contributed by atoms with Crippen molar-refractivity contribution in [2.45, 2.75) is 13.8 Å². The van der Waals surface area contributed by atoms with Crippen molar-refractivity contribution in [1.82, 2.24) is 5.01 Å². The third-order valence-corrected chi connectivity index (χ3v) is 2.66. The maximum atomic E-state index is 10.8. The summed E-state index contributed by atoms with van der Waals surface area (Å²) in [4.78, 5) is 0.268. The molecule has 0 amide bonds. The van der Waals surface area contributed by atoms with Gasteiger partial charge in [0.15, 0.2) is 11.1 Å². The minimum Gasteiger partial charge on any atom is -0.477 e. The predicted octanol–water partition coefficient (Wildman–Crippen LogP) is 0.981. The first-order chi connectivity index (χ1) is 6.56. The zero-order chi connectivity index (χ0) is 10.7. The van der Waals surface area contributed by atoms with E-state index in [4.69, 9.17) is 9.29 Å². The first kappa shape index (κ1) is 11.2. The molecule has 0 aromatic rings. The van der Waals surface area contributed by atoms with E-state index in [0.29, 0.717) is 25.0 Å². The zero-order valence-corrected chi connectivity index (χ0v) is 9.08. The van der Waals surface area contributed by atoms with E-state index < -0.39 is 11.1 Å². The normalized spacial score (nSPS) is 27.9. The Morgan fingerprint density at radius 3 is 3.00 bits per heavy atom. The maximum absolute atomic E-state index is 10.8. The van der Waals surface area contributed by atoms with Gasteiger partial charge in [0.1, 0.15) is 4.91 Å². The Hall–Kier alpha value is -0.880. The SMILES string of the molecule is C=NN1CC(C)CO/C1=C(/C)S(=O)O. The van der Waals surface area contributed by atoms with Gasteiger partial charge in [-0.2, -0.15) is 5.10 Å². The fraction of sp³-hybridized carbons (Fsp3) is 0.625. The summed E-state index contributed by atoms with van der Waals surface area (Å²) in [6.45, 7) is 8.14. The quantitative estimate of drug-likeness (QED) is 0.554. The van der Waals surface area contributed by atoms with Crippen molar-refractivity contribution in [1.29, 1.82) is 0 Å². The molecule has 80 valence electrons. The lowest BCUT2D eigenvalue weighted by Crippen LogP contribution is -2.33. The van der Waals surface area contributed by atoms with Gasteiger partial charge in [-0.15, -0.1) is 0 Å². The monoisotopic (exact) mass is 218 g/mol. The Morgan fingerprint density at radius 1 is 1.86 bits per heavy atom. The molecule has 5 nitrogen and oxygen atoms in total. The van der Waals surface area contributed by atoms with Crippen LogP contribution in [-0.4, -0.2) is 33.6 Å². The summed E-state index contributed by atoms with van der Waals surface area (Å²) in [5.41, 5.74) is 0. The summed E-state index contributed by atoms with van der Waals surface area (Å²) < 4.78 is 25.1. The van der Waals surface area contributed by atoms with Gasteiger partial charge in [-0.1, -0.05) is 6.92 Å². The van der Waals surface area contributed by atoms with E-state index in [2.05, 4.69) is 11.8 Å². The summed E-state index contributed by atoms with van der Waals surface area (Å²) in [5, 5.41) is 5.25. The minimum absolute atomic E-state index is 0.268. The molecule has 0 aromatic heterocycles. The molecule has 1 rings (SSSR count). The average Bonchev–Trinajstić information content (AvgIpc) is 2.16. The van der Waals surface area contributed by atoms with E-state index in [1.165, 1.54) is 5.01 Å². The number of rotatable bonds is 2. The van der Waals surface area contributed by atoms with Gasteiger partial charge >= 0.3 is 0 Å². The molecular weight excluding hydrogens is 204 g/mol. The zero-order valence-electron chi connectivity index (χ0n) is 8.27. The van der Waals surface area contributed by atoms with E-state index in [-0.39, 0.29) is 4.91 Å². The Balaban J connectivity index is 2.92. The fourth-order valence-corrected chi connectivity index (χ4v) is 1.52. The van der Waals surface area contributed by atoms with Gasteiger partial charge in [0.05, 0.1) is 13.2 Å². The van der Waals surface area contributed by atoms with E-state index in [0.717, 1.165) is 0 Å². The number of hydrogen-bond acceptors (Lipinski definition) is 4. The smallest absolute Gasteiger partial charge is 0.224 e. The van der Waals surface area contributed by atoms with Crippen molar-refractivity contribution < 1.29 is 13.5 Å². The van der Waals surface area contributed by atoms with Crippen molar-refractivity contribution in [3.8, 4) is 0 Å². The molecule has 0 aromatic carbocycles. The Morgan fingerprint density at radius 2 is 2.50 bits per heavy atom. The number of ether oxygens (including phenoxy) is 1. The van der Waals surface area contributed by atoms with Crippen LogP contribution in [0.3, 0.4) is 0 Å². The van der Waals surface area contributed by atoms with Crippen molar-refractivity contribution >= 4 is 17.8 Å². The second kappa shape index (κ2) is 4.56.